The van der Waals surface area contributed by atoms with Gasteiger partial charge in [-0.3, -0.25) is 9.88 Å². The van der Waals surface area contributed by atoms with Crippen molar-refractivity contribution in [1.29, 1.82) is 0 Å². The summed E-state index contributed by atoms with van der Waals surface area (Å²) in [6, 6.07) is 1.91. The summed E-state index contributed by atoms with van der Waals surface area (Å²) in [5, 5.41) is 0. The van der Waals surface area contributed by atoms with Gasteiger partial charge in [0.15, 0.2) is 0 Å². The van der Waals surface area contributed by atoms with Crippen molar-refractivity contribution >= 4 is 23.2 Å². The maximum atomic E-state index is 6.03. The second-order valence-corrected chi connectivity index (χ2v) is 4.55. The third-order valence-electron chi connectivity index (χ3n) is 2.84. The van der Waals surface area contributed by atoms with Gasteiger partial charge in [0.25, 0.3) is 0 Å². The standard InChI is InChI=1S/C12H18Cl2N2O/c1-9-11(17-3)4-6-15-12(9)10(8-14)16(2)7-5-13/h4,6,10H,5,7-8H2,1-3H3. The van der Waals surface area contributed by atoms with Crippen LogP contribution in [0.25, 0.3) is 0 Å². The van der Waals surface area contributed by atoms with Crippen LogP contribution in [0.15, 0.2) is 12.3 Å². The molecule has 0 saturated carbocycles. The molecule has 3 nitrogen and oxygen atoms in total. The molecule has 17 heavy (non-hydrogen) atoms. The topological polar surface area (TPSA) is 25.4 Å². The van der Waals surface area contributed by atoms with Crippen LogP contribution in [-0.2, 0) is 0 Å². The lowest BCUT2D eigenvalue weighted by Crippen LogP contribution is -2.29. The van der Waals surface area contributed by atoms with E-state index in [1.165, 1.54) is 0 Å². The van der Waals surface area contributed by atoms with Gasteiger partial charge in [-0.05, 0) is 20.0 Å². The molecule has 0 spiro atoms. The summed E-state index contributed by atoms with van der Waals surface area (Å²) in [6.07, 6.45) is 1.75. The highest BCUT2D eigenvalue weighted by atomic mass is 35.5. The molecular formula is C12H18Cl2N2O. The van der Waals surface area contributed by atoms with E-state index >= 15 is 0 Å². The van der Waals surface area contributed by atoms with Crippen molar-refractivity contribution in [2.24, 2.45) is 0 Å². The van der Waals surface area contributed by atoms with Gasteiger partial charge in [-0.25, -0.2) is 0 Å². The van der Waals surface area contributed by atoms with E-state index < -0.39 is 0 Å². The van der Waals surface area contributed by atoms with Crippen molar-refractivity contribution in [3.05, 3.63) is 23.5 Å². The average Bonchev–Trinajstić information content (AvgIpc) is 2.32. The minimum atomic E-state index is 0.0607. The van der Waals surface area contributed by atoms with Gasteiger partial charge in [0.05, 0.1) is 18.8 Å². The lowest BCUT2D eigenvalue weighted by Gasteiger charge is -2.26. The fraction of sp³-hybridized carbons (Fsp3) is 0.583. The Morgan fingerprint density at radius 3 is 2.71 bits per heavy atom. The second kappa shape index (κ2) is 7.04. The van der Waals surface area contributed by atoms with Crippen LogP contribution in [0.3, 0.4) is 0 Å². The molecule has 1 heterocycles. The van der Waals surface area contributed by atoms with Gasteiger partial charge in [-0.2, -0.15) is 0 Å². The first kappa shape index (κ1) is 14.6. The average molecular weight is 277 g/mol. The highest BCUT2D eigenvalue weighted by molar-refractivity contribution is 6.18. The van der Waals surface area contributed by atoms with Gasteiger partial charge >= 0.3 is 0 Å². The molecule has 0 aliphatic carbocycles. The zero-order valence-corrected chi connectivity index (χ0v) is 11.9. The van der Waals surface area contributed by atoms with Crippen molar-refractivity contribution in [2.75, 3.05) is 32.5 Å². The Kier molecular flexibility index (Phi) is 6.03. The van der Waals surface area contributed by atoms with Gasteiger partial charge in [0, 0.05) is 30.1 Å². The third kappa shape index (κ3) is 3.47. The summed E-state index contributed by atoms with van der Waals surface area (Å²) in [7, 11) is 3.65. The molecule has 0 saturated heterocycles. The first-order valence-corrected chi connectivity index (χ1v) is 6.54. The van der Waals surface area contributed by atoms with Gasteiger partial charge in [-0.15, -0.1) is 23.2 Å². The van der Waals surface area contributed by atoms with Crippen LogP contribution in [-0.4, -0.2) is 42.3 Å². The van der Waals surface area contributed by atoms with Crippen LogP contribution in [0.1, 0.15) is 17.3 Å². The molecule has 0 radical (unpaired) electrons. The van der Waals surface area contributed by atoms with Crippen LogP contribution < -0.4 is 4.74 Å². The Hall–Kier alpha value is -0.510. The highest BCUT2D eigenvalue weighted by Gasteiger charge is 2.20. The molecule has 0 aliphatic rings. The highest BCUT2D eigenvalue weighted by Crippen LogP contribution is 2.27. The number of aromatic nitrogens is 1. The molecule has 0 N–H and O–H groups in total. The normalized spacial score (nSPS) is 12.8. The largest absolute Gasteiger partial charge is 0.496 e. The molecule has 0 aromatic carbocycles. The summed E-state index contributed by atoms with van der Waals surface area (Å²) in [5.74, 6) is 1.89. The van der Waals surface area contributed by atoms with Gasteiger partial charge in [0.1, 0.15) is 5.75 Å². The SMILES string of the molecule is COc1ccnc(C(CCl)N(C)CCCl)c1C. The predicted octanol–water partition coefficient (Wildman–Crippen LogP) is 2.85. The van der Waals surface area contributed by atoms with Crippen molar-refractivity contribution < 1.29 is 4.74 Å². The monoisotopic (exact) mass is 276 g/mol. The Morgan fingerprint density at radius 2 is 2.18 bits per heavy atom. The van der Waals surface area contributed by atoms with Crippen LogP contribution >= 0.6 is 23.2 Å². The third-order valence-corrected chi connectivity index (χ3v) is 3.31. The quantitative estimate of drug-likeness (QED) is 0.748. The van der Waals surface area contributed by atoms with Crippen LogP contribution in [0, 0.1) is 6.92 Å². The van der Waals surface area contributed by atoms with Crippen LogP contribution in [0.4, 0.5) is 0 Å². The first-order chi connectivity index (χ1) is 8.15. The van der Waals surface area contributed by atoms with Crippen LogP contribution in [0.5, 0.6) is 5.75 Å². The minimum absolute atomic E-state index is 0.0607. The number of alkyl halides is 2. The zero-order chi connectivity index (χ0) is 12.8. The van der Waals surface area contributed by atoms with Crippen molar-refractivity contribution in [2.45, 2.75) is 13.0 Å². The smallest absolute Gasteiger partial charge is 0.125 e. The molecule has 1 aromatic rings. The molecule has 1 atom stereocenters. The van der Waals surface area contributed by atoms with Gasteiger partial charge in [-0.1, -0.05) is 0 Å². The van der Waals surface area contributed by atoms with Gasteiger partial charge < -0.3 is 4.74 Å². The first-order valence-electron chi connectivity index (χ1n) is 5.47. The predicted molar refractivity (Wildman–Crippen MR) is 72.3 cm³/mol. The van der Waals surface area contributed by atoms with E-state index in [1.807, 2.05) is 20.0 Å². The molecule has 0 amide bonds. The Bertz CT molecular complexity index is 360. The molecular weight excluding hydrogens is 259 g/mol. The zero-order valence-electron chi connectivity index (χ0n) is 10.4. The Morgan fingerprint density at radius 1 is 1.47 bits per heavy atom. The molecule has 0 aliphatic heterocycles. The summed E-state index contributed by atoms with van der Waals surface area (Å²) in [5.41, 5.74) is 1.98. The molecule has 5 heteroatoms. The van der Waals surface area contributed by atoms with E-state index in [-0.39, 0.29) is 6.04 Å². The number of nitrogens with zero attached hydrogens (tertiary/aromatic N) is 2. The summed E-state index contributed by atoms with van der Waals surface area (Å²) < 4.78 is 5.29. The number of halogens is 2. The molecule has 1 rings (SSSR count). The van der Waals surface area contributed by atoms with E-state index in [1.54, 1.807) is 13.3 Å². The molecule has 1 unspecified atom stereocenters. The number of pyridine rings is 1. The summed E-state index contributed by atoms with van der Waals surface area (Å²) in [6.45, 7) is 2.77. The molecule has 96 valence electrons. The Labute approximate surface area is 113 Å². The molecule has 1 aromatic heterocycles. The number of hydrogen-bond acceptors (Lipinski definition) is 3. The maximum Gasteiger partial charge on any atom is 0.125 e. The van der Waals surface area contributed by atoms with Crippen molar-refractivity contribution in [3.8, 4) is 5.75 Å². The lowest BCUT2D eigenvalue weighted by atomic mass is 10.1. The summed E-state index contributed by atoms with van der Waals surface area (Å²) >= 11 is 11.8. The second-order valence-electron chi connectivity index (χ2n) is 3.86. The van der Waals surface area contributed by atoms with E-state index in [0.29, 0.717) is 11.8 Å². The number of ether oxygens (including phenoxy) is 1. The fourth-order valence-corrected chi connectivity index (χ4v) is 2.43. The van der Waals surface area contributed by atoms with Crippen LogP contribution in [0.2, 0.25) is 0 Å². The van der Waals surface area contributed by atoms with Crippen molar-refractivity contribution in [1.82, 2.24) is 9.88 Å². The lowest BCUT2D eigenvalue weighted by molar-refractivity contribution is 0.273. The van der Waals surface area contributed by atoms with E-state index in [4.69, 9.17) is 27.9 Å². The van der Waals surface area contributed by atoms with E-state index in [2.05, 4.69) is 9.88 Å². The molecule has 0 fully saturated rings. The Balaban J connectivity index is 3.03. The summed E-state index contributed by atoms with van der Waals surface area (Å²) in [4.78, 5) is 6.52. The number of rotatable bonds is 6. The minimum Gasteiger partial charge on any atom is -0.496 e. The van der Waals surface area contributed by atoms with Gasteiger partial charge in [0.2, 0.25) is 0 Å². The van der Waals surface area contributed by atoms with E-state index in [9.17, 15) is 0 Å². The fourth-order valence-electron chi connectivity index (χ4n) is 1.78. The number of hydrogen-bond donors (Lipinski definition) is 0. The molecule has 0 bridgehead atoms. The maximum absolute atomic E-state index is 6.03. The van der Waals surface area contributed by atoms with Crippen molar-refractivity contribution in [3.63, 3.8) is 0 Å². The number of methoxy groups -OCH3 is 1. The van der Waals surface area contributed by atoms with E-state index in [0.717, 1.165) is 23.6 Å².